The average molecular weight is 364 g/mol. The standard InChI is InChI=1S/C20H33N3O3/c1-21-20(25)15-22(2)13-17-8-7-9-19(12-17)26-16-18(24)14-23-10-5-3-4-6-11-23/h7-9,12,18,24H,3-6,10-11,13-16H2,1-2H3,(H,21,25). The Bertz CT molecular complexity index is 545. The molecule has 0 bridgehead atoms. The molecule has 1 saturated heterocycles. The number of nitrogens with zero attached hydrogens (tertiary/aromatic N) is 2. The molecule has 2 rings (SSSR count). The van der Waals surface area contributed by atoms with Crippen LogP contribution >= 0.6 is 0 Å². The molecule has 1 unspecified atom stereocenters. The fourth-order valence-corrected chi connectivity index (χ4v) is 3.29. The van der Waals surface area contributed by atoms with Crippen LogP contribution in [0.4, 0.5) is 0 Å². The molecule has 0 aliphatic carbocycles. The molecule has 6 heteroatoms. The second-order valence-corrected chi connectivity index (χ2v) is 7.17. The normalized spacial score (nSPS) is 16.9. The first-order valence-electron chi connectivity index (χ1n) is 9.58. The van der Waals surface area contributed by atoms with Gasteiger partial charge in [0.25, 0.3) is 0 Å². The first-order valence-corrected chi connectivity index (χ1v) is 9.58. The third kappa shape index (κ3) is 7.72. The fraction of sp³-hybridized carbons (Fsp3) is 0.650. The summed E-state index contributed by atoms with van der Waals surface area (Å²) in [6.45, 7) is 4.15. The Balaban J connectivity index is 1.77. The number of ether oxygens (including phenoxy) is 1. The first kappa shape index (κ1) is 20.7. The number of likely N-dealkylation sites (N-methyl/N-ethyl adjacent to an activating group) is 2. The Morgan fingerprint density at radius 1 is 1.31 bits per heavy atom. The van der Waals surface area contributed by atoms with Crippen LogP contribution in [0.3, 0.4) is 0 Å². The molecule has 2 N–H and O–H groups in total. The van der Waals surface area contributed by atoms with E-state index in [0.717, 1.165) is 24.4 Å². The van der Waals surface area contributed by atoms with E-state index in [1.807, 2.05) is 36.2 Å². The molecule has 1 atom stereocenters. The molecule has 26 heavy (non-hydrogen) atoms. The van der Waals surface area contributed by atoms with Crippen molar-refractivity contribution >= 4 is 5.91 Å². The van der Waals surface area contributed by atoms with Gasteiger partial charge in [-0.25, -0.2) is 0 Å². The minimum Gasteiger partial charge on any atom is -0.491 e. The molecule has 1 aliphatic heterocycles. The van der Waals surface area contributed by atoms with Crippen LogP contribution < -0.4 is 10.1 Å². The zero-order valence-electron chi connectivity index (χ0n) is 16.1. The molecule has 1 aromatic carbocycles. The molecule has 1 heterocycles. The summed E-state index contributed by atoms with van der Waals surface area (Å²) in [5.41, 5.74) is 1.08. The van der Waals surface area contributed by atoms with Crippen LogP contribution in [0, 0.1) is 0 Å². The summed E-state index contributed by atoms with van der Waals surface area (Å²) in [7, 11) is 3.55. The summed E-state index contributed by atoms with van der Waals surface area (Å²) in [5, 5.41) is 12.9. The minimum absolute atomic E-state index is 0.00320. The third-order valence-corrected chi connectivity index (χ3v) is 4.65. The van der Waals surface area contributed by atoms with Crippen LogP contribution in [-0.2, 0) is 11.3 Å². The van der Waals surface area contributed by atoms with Crippen molar-refractivity contribution in [2.45, 2.75) is 38.3 Å². The smallest absolute Gasteiger partial charge is 0.233 e. The highest BCUT2D eigenvalue weighted by molar-refractivity contribution is 5.77. The Hall–Kier alpha value is -1.63. The molecule has 0 aromatic heterocycles. The maximum Gasteiger partial charge on any atom is 0.233 e. The van der Waals surface area contributed by atoms with Crippen molar-refractivity contribution in [1.29, 1.82) is 0 Å². The zero-order valence-corrected chi connectivity index (χ0v) is 16.1. The molecule has 0 saturated carbocycles. The fourth-order valence-electron chi connectivity index (χ4n) is 3.29. The number of carbonyl (C=O) groups is 1. The number of aliphatic hydroxyl groups excluding tert-OH is 1. The number of β-amino-alcohol motifs (C(OH)–C–C–N with tert-alkyl or cyclic N) is 1. The summed E-state index contributed by atoms with van der Waals surface area (Å²) >= 11 is 0. The molecule has 146 valence electrons. The van der Waals surface area contributed by atoms with Gasteiger partial charge in [0.05, 0.1) is 6.54 Å². The van der Waals surface area contributed by atoms with Gasteiger partial charge in [-0.05, 0) is 50.7 Å². The SMILES string of the molecule is CNC(=O)CN(C)Cc1cccc(OCC(O)CN2CCCCCC2)c1. The topological polar surface area (TPSA) is 65.0 Å². The van der Waals surface area contributed by atoms with Gasteiger partial charge < -0.3 is 20.1 Å². The van der Waals surface area contributed by atoms with Crippen molar-refractivity contribution in [3.63, 3.8) is 0 Å². The van der Waals surface area contributed by atoms with E-state index in [4.69, 9.17) is 4.74 Å². The summed E-state index contributed by atoms with van der Waals surface area (Å²) in [5.74, 6) is 0.752. The molecular weight excluding hydrogens is 330 g/mol. The number of hydrogen-bond acceptors (Lipinski definition) is 5. The van der Waals surface area contributed by atoms with Crippen molar-refractivity contribution in [2.24, 2.45) is 0 Å². The van der Waals surface area contributed by atoms with Crippen LogP contribution in [0.25, 0.3) is 0 Å². The zero-order chi connectivity index (χ0) is 18.8. The van der Waals surface area contributed by atoms with Crippen LogP contribution in [0.2, 0.25) is 0 Å². The second kappa shape index (κ2) is 11.2. The van der Waals surface area contributed by atoms with Crippen molar-refractivity contribution in [3.05, 3.63) is 29.8 Å². The monoisotopic (exact) mass is 363 g/mol. The van der Waals surface area contributed by atoms with Gasteiger partial charge in [-0.15, -0.1) is 0 Å². The Morgan fingerprint density at radius 3 is 2.73 bits per heavy atom. The molecule has 1 amide bonds. The van der Waals surface area contributed by atoms with Crippen LogP contribution in [-0.4, -0.2) is 73.8 Å². The number of rotatable bonds is 9. The Kier molecular flexibility index (Phi) is 8.88. The van der Waals surface area contributed by atoms with Gasteiger partial charge >= 0.3 is 0 Å². The number of hydrogen-bond donors (Lipinski definition) is 2. The number of nitrogens with one attached hydrogen (secondary N) is 1. The quantitative estimate of drug-likeness (QED) is 0.696. The van der Waals surface area contributed by atoms with Gasteiger partial charge in [0.15, 0.2) is 0 Å². The number of carbonyl (C=O) groups excluding carboxylic acids is 1. The molecule has 0 radical (unpaired) electrons. The van der Waals surface area contributed by atoms with E-state index in [9.17, 15) is 9.90 Å². The van der Waals surface area contributed by atoms with Gasteiger partial charge in [-0.2, -0.15) is 0 Å². The predicted molar refractivity (Wildman–Crippen MR) is 103 cm³/mol. The van der Waals surface area contributed by atoms with Crippen molar-refractivity contribution < 1.29 is 14.6 Å². The van der Waals surface area contributed by atoms with E-state index < -0.39 is 6.10 Å². The molecule has 1 aliphatic rings. The van der Waals surface area contributed by atoms with Crippen LogP contribution in [0.5, 0.6) is 5.75 Å². The Morgan fingerprint density at radius 2 is 2.04 bits per heavy atom. The molecule has 1 aromatic rings. The van der Waals surface area contributed by atoms with Crippen LogP contribution in [0.15, 0.2) is 24.3 Å². The number of likely N-dealkylation sites (tertiary alicyclic amines) is 1. The molecule has 6 nitrogen and oxygen atoms in total. The lowest BCUT2D eigenvalue weighted by Gasteiger charge is -2.23. The third-order valence-electron chi connectivity index (χ3n) is 4.65. The van der Waals surface area contributed by atoms with Gasteiger partial charge in [0, 0.05) is 20.1 Å². The maximum absolute atomic E-state index is 11.4. The van der Waals surface area contributed by atoms with Gasteiger partial charge in [-0.1, -0.05) is 25.0 Å². The highest BCUT2D eigenvalue weighted by atomic mass is 16.5. The lowest BCUT2D eigenvalue weighted by molar-refractivity contribution is -0.121. The highest BCUT2D eigenvalue weighted by Crippen LogP contribution is 2.15. The number of benzene rings is 1. The van der Waals surface area contributed by atoms with Crippen molar-refractivity contribution in [2.75, 3.05) is 46.9 Å². The number of amides is 1. The lowest BCUT2D eigenvalue weighted by atomic mass is 10.2. The minimum atomic E-state index is -0.479. The van der Waals surface area contributed by atoms with E-state index in [1.165, 1.54) is 25.7 Å². The summed E-state index contributed by atoms with van der Waals surface area (Å²) in [6.07, 6.45) is 4.56. The average Bonchev–Trinajstić information content (AvgIpc) is 2.88. The predicted octanol–water partition coefficient (Wildman–Crippen LogP) is 1.48. The van der Waals surface area contributed by atoms with E-state index in [0.29, 0.717) is 26.2 Å². The molecule has 0 spiro atoms. The van der Waals surface area contributed by atoms with Gasteiger partial charge in [0.2, 0.25) is 5.91 Å². The lowest BCUT2D eigenvalue weighted by Crippen LogP contribution is -2.36. The van der Waals surface area contributed by atoms with Crippen molar-refractivity contribution in [3.8, 4) is 5.75 Å². The summed E-state index contributed by atoms with van der Waals surface area (Å²) < 4.78 is 5.79. The van der Waals surface area contributed by atoms with Crippen LogP contribution in [0.1, 0.15) is 31.2 Å². The summed E-state index contributed by atoms with van der Waals surface area (Å²) in [4.78, 5) is 15.7. The first-order chi connectivity index (χ1) is 12.6. The summed E-state index contributed by atoms with van der Waals surface area (Å²) in [6, 6.07) is 7.83. The Labute approximate surface area is 157 Å². The van der Waals surface area contributed by atoms with E-state index in [2.05, 4.69) is 10.2 Å². The molecular formula is C20H33N3O3. The van der Waals surface area contributed by atoms with E-state index in [1.54, 1.807) is 7.05 Å². The maximum atomic E-state index is 11.4. The molecule has 1 fully saturated rings. The van der Waals surface area contributed by atoms with Crippen molar-refractivity contribution in [1.82, 2.24) is 15.1 Å². The van der Waals surface area contributed by atoms with Gasteiger partial charge in [-0.3, -0.25) is 9.69 Å². The van der Waals surface area contributed by atoms with E-state index in [-0.39, 0.29) is 5.91 Å². The number of aliphatic hydroxyl groups is 1. The largest absolute Gasteiger partial charge is 0.491 e. The second-order valence-electron chi connectivity index (χ2n) is 7.17. The van der Waals surface area contributed by atoms with Gasteiger partial charge in [0.1, 0.15) is 18.5 Å². The highest BCUT2D eigenvalue weighted by Gasteiger charge is 2.14. The van der Waals surface area contributed by atoms with E-state index >= 15 is 0 Å².